The summed E-state index contributed by atoms with van der Waals surface area (Å²) < 4.78 is 12.7. The van der Waals surface area contributed by atoms with Gasteiger partial charge in [-0.25, -0.2) is 0 Å². The molecule has 0 spiro atoms. The van der Waals surface area contributed by atoms with Crippen LogP contribution in [0.3, 0.4) is 0 Å². The van der Waals surface area contributed by atoms with Crippen molar-refractivity contribution < 1.29 is 9.36 Å². The molecule has 1 unspecified atom stereocenters. The predicted molar refractivity (Wildman–Crippen MR) is 102 cm³/mol. The van der Waals surface area contributed by atoms with E-state index in [0.717, 1.165) is 22.3 Å². The molecule has 0 saturated carbocycles. The summed E-state index contributed by atoms with van der Waals surface area (Å²) in [7, 11) is -1.56. The Morgan fingerprint density at radius 2 is 1.62 bits per heavy atom. The fourth-order valence-electron chi connectivity index (χ4n) is 3.08. The van der Waals surface area contributed by atoms with E-state index in [-0.39, 0.29) is 5.78 Å². The molecule has 0 aliphatic heterocycles. The van der Waals surface area contributed by atoms with Crippen molar-refractivity contribution >= 4 is 18.9 Å². The number of hydrogen-bond donors (Lipinski definition) is 0. The van der Waals surface area contributed by atoms with Gasteiger partial charge >= 0.3 is 7.80 Å². The third-order valence-electron chi connectivity index (χ3n) is 4.53. The van der Waals surface area contributed by atoms with Gasteiger partial charge in [-0.3, -0.25) is 4.79 Å². The van der Waals surface area contributed by atoms with Gasteiger partial charge in [-0.2, -0.15) is 0 Å². The zero-order valence-corrected chi connectivity index (χ0v) is 16.3. The molecule has 0 radical (unpaired) electrons. The molecule has 0 aromatic heterocycles. The zero-order valence-electron chi connectivity index (χ0n) is 15.4. The van der Waals surface area contributed by atoms with E-state index < -0.39 is 7.80 Å². The Balaban J connectivity index is 2.57. The molecule has 0 amide bonds. The lowest BCUT2D eigenvalue weighted by molar-refractivity contribution is 0.103. The van der Waals surface area contributed by atoms with Gasteiger partial charge in [-0.15, -0.1) is 0 Å². The maximum Gasteiger partial charge on any atom is 0.377 e. The molecular weight excluding hydrogens is 315 g/mol. The first kappa shape index (κ1) is 18.5. The largest absolute Gasteiger partial charge is 0.377 e. The summed E-state index contributed by atoms with van der Waals surface area (Å²) >= 11 is 0. The number of benzene rings is 2. The normalized spacial score (nSPS) is 11.7. The van der Waals surface area contributed by atoms with E-state index in [1.54, 1.807) is 6.07 Å². The van der Waals surface area contributed by atoms with Crippen LogP contribution in [0.1, 0.15) is 52.0 Å². The van der Waals surface area contributed by atoms with Crippen LogP contribution < -0.4 is 5.30 Å². The maximum atomic E-state index is 13.2. The Bertz CT molecular complexity index is 804. The number of carbonyl (C=O) groups is 1. The Hall–Kier alpha value is -1.79. The van der Waals surface area contributed by atoms with Crippen LogP contribution in [0.4, 0.5) is 0 Å². The molecule has 1 atom stereocenters. The van der Waals surface area contributed by atoms with Crippen LogP contribution in [-0.2, 0) is 4.57 Å². The molecule has 2 aromatic carbocycles. The van der Waals surface area contributed by atoms with Crippen LogP contribution >= 0.6 is 7.80 Å². The zero-order chi connectivity index (χ0) is 18.0. The Kier molecular flexibility index (Phi) is 5.72. The van der Waals surface area contributed by atoms with E-state index >= 15 is 0 Å². The average Bonchev–Trinajstić information content (AvgIpc) is 2.52. The van der Waals surface area contributed by atoms with E-state index in [2.05, 4.69) is 26.8 Å². The highest BCUT2D eigenvalue weighted by molar-refractivity contribution is 7.53. The highest BCUT2D eigenvalue weighted by atomic mass is 31.1. The van der Waals surface area contributed by atoms with Crippen LogP contribution in [0.5, 0.6) is 0 Å². The van der Waals surface area contributed by atoms with Gasteiger partial charge < -0.3 is 0 Å². The lowest BCUT2D eigenvalue weighted by Crippen LogP contribution is -2.17. The summed E-state index contributed by atoms with van der Waals surface area (Å²) in [5.74, 6) is 0.317. The highest BCUT2D eigenvalue weighted by Crippen LogP contribution is 2.29. The minimum absolute atomic E-state index is 0.0178. The van der Waals surface area contributed by atoms with Crippen LogP contribution in [0.15, 0.2) is 30.3 Å². The molecule has 126 valence electrons. The second-order valence-electron chi connectivity index (χ2n) is 6.94. The van der Waals surface area contributed by atoms with Gasteiger partial charge in [-0.1, -0.05) is 36.6 Å². The molecule has 2 nitrogen and oxygen atoms in total. The average molecular weight is 341 g/mol. The molecule has 0 saturated heterocycles. The van der Waals surface area contributed by atoms with Crippen molar-refractivity contribution in [2.24, 2.45) is 5.92 Å². The van der Waals surface area contributed by atoms with Crippen molar-refractivity contribution in [2.45, 2.75) is 41.5 Å². The fraction of sp³-hybridized carbons (Fsp3) is 0.381. The summed E-state index contributed by atoms with van der Waals surface area (Å²) in [5, 5.41) is 0.684. The Morgan fingerprint density at radius 3 is 2.25 bits per heavy atom. The quantitative estimate of drug-likeness (QED) is 0.549. The Morgan fingerprint density at radius 1 is 1.00 bits per heavy atom. The van der Waals surface area contributed by atoms with Crippen molar-refractivity contribution in [3.8, 4) is 0 Å². The summed E-state index contributed by atoms with van der Waals surface area (Å²) in [6, 6.07) is 9.41. The van der Waals surface area contributed by atoms with E-state index in [1.807, 2.05) is 39.0 Å². The van der Waals surface area contributed by atoms with Crippen LogP contribution in [0.2, 0.25) is 0 Å². The van der Waals surface area contributed by atoms with Gasteiger partial charge in [0.25, 0.3) is 0 Å². The number of ketones is 1. The van der Waals surface area contributed by atoms with Gasteiger partial charge in [0, 0.05) is 5.56 Å². The predicted octanol–water partition coefficient (Wildman–Crippen LogP) is 5.26. The van der Waals surface area contributed by atoms with E-state index in [1.165, 1.54) is 5.56 Å². The summed E-state index contributed by atoms with van der Waals surface area (Å²) in [6.07, 6.45) is 0.602. The summed E-state index contributed by atoms with van der Waals surface area (Å²) in [5.41, 5.74) is 5.67. The highest BCUT2D eigenvalue weighted by Gasteiger charge is 2.29. The van der Waals surface area contributed by atoms with Gasteiger partial charge in [0.1, 0.15) is 0 Å². The molecule has 2 aromatic rings. The van der Waals surface area contributed by atoms with E-state index in [4.69, 9.17) is 0 Å². The molecule has 2 rings (SSSR count). The van der Waals surface area contributed by atoms with Gasteiger partial charge in [-0.05, 0) is 68.0 Å². The molecule has 0 bridgehead atoms. The third-order valence-corrected chi connectivity index (χ3v) is 6.52. The first-order valence-electron chi connectivity index (χ1n) is 8.39. The molecular formula is C21H26O2P+. The first-order valence-corrected chi connectivity index (χ1v) is 9.84. The third kappa shape index (κ3) is 3.65. The van der Waals surface area contributed by atoms with Crippen molar-refractivity contribution in [3.63, 3.8) is 0 Å². The van der Waals surface area contributed by atoms with Crippen molar-refractivity contribution in [3.05, 3.63) is 63.7 Å². The molecule has 0 aliphatic carbocycles. The van der Waals surface area contributed by atoms with Crippen molar-refractivity contribution in [1.29, 1.82) is 0 Å². The maximum absolute atomic E-state index is 13.2. The Labute approximate surface area is 146 Å². The van der Waals surface area contributed by atoms with Crippen LogP contribution in [0, 0.1) is 33.6 Å². The van der Waals surface area contributed by atoms with Crippen LogP contribution in [0.25, 0.3) is 0 Å². The fourth-order valence-corrected chi connectivity index (χ4v) is 4.64. The first-order chi connectivity index (χ1) is 11.2. The number of carbonyl (C=O) groups excluding carboxylic acids is 1. The van der Waals surface area contributed by atoms with Gasteiger partial charge in [0.05, 0.1) is 5.56 Å². The van der Waals surface area contributed by atoms with E-state index in [9.17, 15) is 9.36 Å². The summed E-state index contributed by atoms with van der Waals surface area (Å²) in [6.45, 7) is 12.2. The van der Waals surface area contributed by atoms with Gasteiger partial charge in [0.2, 0.25) is 5.30 Å². The minimum atomic E-state index is -1.56. The van der Waals surface area contributed by atoms with Crippen molar-refractivity contribution in [1.82, 2.24) is 0 Å². The smallest absolute Gasteiger partial charge is 0.288 e. The SMILES string of the molecule is Cc1cc(C)c(C(=O)c2ccccc2[P+](=O)CC(C)C)c(C)c1C. The monoisotopic (exact) mass is 341 g/mol. The van der Waals surface area contributed by atoms with Crippen LogP contribution in [-0.4, -0.2) is 11.9 Å². The standard InChI is InChI=1S/C21H26O2P/c1-13(2)12-24(23)19-10-8-7-9-18(19)21(22)20-15(4)11-14(3)16(5)17(20)6/h7-11,13H,12H2,1-6H3/q+1. The van der Waals surface area contributed by atoms with Crippen molar-refractivity contribution in [2.75, 3.05) is 6.16 Å². The van der Waals surface area contributed by atoms with Gasteiger partial charge in [0.15, 0.2) is 11.9 Å². The number of rotatable bonds is 5. The summed E-state index contributed by atoms with van der Waals surface area (Å²) in [4.78, 5) is 13.2. The second kappa shape index (κ2) is 7.40. The minimum Gasteiger partial charge on any atom is -0.288 e. The topological polar surface area (TPSA) is 34.1 Å². The number of hydrogen-bond acceptors (Lipinski definition) is 2. The second-order valence-corrected chi connectivity index (χ2v) is 8.54. The molecule has 0 heterocycles. The molecule has 24 heavy (non-hydrogen) atoms. The molecule has 0 fully saturated rings. The lowest BCUT2D eigenvalue weighted by Gasteiger charge is -2.14. The molecule has 3 heteroatoms. The molecule has 0 aliphatic rings. The number of aryl methyl sites for hydroxylation is 2. The van der Waals surface area contributed by atoms with E-state index in [0.29, 0.717) is 22.9 Å². The molecule has 0 N–H and O–H groups in total. The lowest BCUT2D eigenvalue weighted by atomic mass is 9.89.